The number of ketones is 1. The van der Waals surface area contributed by atoms with Crippen LogP contribution in [0.3, 0.4) is 0 Å². The number of carbonyl (C=O) groups is 4. The van der Waals surface area contributed by atoms with Gasteiger partial charge in [-0.1, -0.05) is 27.5 Å². The van der Waals surface area contributed by atoms with E-state index < -0.39 is 11.8 Å². The summed E-state index contributed by atoms with van der Waals surface area (Å²) in [5.41, 5.74) is 7.44. The molecule has 0 saturated heterocycles. The summed E-state index contributed by atoms with van der Waals surface area (Å²) >= 11 is 18.1. The van der Waals surface area contributed by atoms with Gasteiger partial charge in [-0.15, -0.1) is 34.0 Å². The van der Waals surface area contributed by atoms with Crippen LogP contribution in [-0.2, 0) is 23.8 Å². The first-order chi connectivity index (χ1) is 31.6. The zero-order chi connectivity index (χ0) is 49.6. The average Bonchev–Trinajstić information content (AvgIpc) is 4.11. The number of esters is 3. The molecule has 1 aromatic carbocycles. The molecule has 0 radical (unpaired) electrons. The van der Waals surface area contributed by atoms with Crippen molar-refractivity contribution in [1.29, 1.82) is 0 Å². The molecule has 0 aliphatic carbocycles. The van der Waals surface area contributed by atoms with Gasteiger partial charge in [0.25, 0.3) is 0 Å². The molecule has 0 unspecified atom stereocenters. The van der Waals surface area contributed by atoms with Crippen LogP contribution in [0.5, 0.6) is 5.75 Å². The largest absolute Gasteiger partial charge is 0.497 e. The number of rotatable bonds is 18. The Hall–Kier alpha value is -4.74. The zero-order valence-corrected chi connectivity index (χ0v) is 44.6. The zero-order valence-electron chi connectivity index (χ0n) is 39.0. The average molecular weight is 1080 g/mol. The van der Waals surface area contributed by atoms with E-state index in [1.807, 2.05) is 43.5 Å². The number of halogens is 2. The van der Waals surface area contributed by atoms with Gasteiger partial charge in [0.2, 0.25) is 5.78 Å². The number of hydrogen-bond donors (Lipinski definition) is 3. The summed E-state index contributed by atoms with van der Waals surface area (Å²) in [7, 11) is 1.65. The number of ether oxygens (including phenoxy) is 4. The van der Waals surface area contributed by atoms with Crippen LogP contribution in [0.25, 0.3) is 22.2 Å². The maximum absolute atomic E-state index is 11.4. The quantitative estimate of drug-likeness (QED) is 0.0186. The fraction of sp³-hybridized carbons (Fsp3) is 0.465. The number of hydrogen-bond acceptors (Lipinski definition) is 19. The molecule has 4 aromatic heterocycles. The number of methoxy groups -OCH3 is 1. The van der Waals surface area contributed by atoms with E-state index in [1.165, 1.54) is 22.7 Å². The molecule has 0 spiro atoms. The van der Waals surface area contributed by atoms with Crippen LogP contribution < -0.4 is 30.9 Å². The second kappa shape index (κ2) is 33.7. The summed E-state index contributed by atoms with van der Waals surface area (Å²) in [6.45, 7) is 23.8. The molecule has 0 fully saturated rings. The van der Waals surface area contributed by atoms with Gasteiger partial charge in [-0.3, -0.25) is 4.79 Å². The summed E-state index contributed by atoms with van der Waals surface area (Å²) in [6, 6.07) is 7.78. The van der Waals surface area contributed by atoms with Crippen LogP contribution in [0.4, 0.5) is 15.4 Å². The monoisotopic (exact) mass is 1070 g/mol. The van der Waals surface area contributed by atoms with Gasteiger partial charge in [-0.25, -0.2) is 34.3 Å². The van der Waals surface area contributed by atoms with Gasteiger partial charge in [-0.2, -0.15) is 0 Å². The third-order valence-corrected chi connectivity index (χ3v) is 11.6. The summed E-state index contributed by atoms with van der Waals surface area (Å²) < 4.78 is 19.3. The topological polar surface area (TPSA) is 213 Å². The lowest BCUT2D eigenvalue weighted by molar-refractivity contribution is -0.152. The molecule has 0 bridgehead atoms. The van der Waals surface area contributed by atoms with Crippen molar-refractivity contribution in [2.75, 3.05) is 86.6 Å². The predicted octanol–water partition coefficient (Wildman–Crippen LogP) is 9.14. The van der Waals surface area contributed by atoms with Crippen molar-refractivity contribution < 1.29 is 38.1 Å². The standard InChI is InChI=1S/C17H18ClN3OS.C10H16N2O2S.C8H12N2O2S.C5H7BrO3.C3H8N2S/c1-4-21(5-2)17-20-15(10-23-17)14-9-11-8-12(22-3)6-7-13(11)16(18)19-14;1-4-12(5-2)10-11-8(7-15-10)9(13)14-6-3;1-3-9-8-10-6(5-13-8)7(11)12-4-2;1-2-9-5(8)4(7)3-6;1-2-5-3(4)6/h6-10H,4-5H2,1-3H3;7H,4-6H2,1-3H3;5H,3-4H2,1-2H3,(H,9,10);2-3H2,1H3;2H2,1H3,(H3,4,5,6). The maximum Gasteiger partial charge on any atom is 0.375 e. The third-order valence-electron chi connectivity index (χ3n) is 8.08. The van der Waals surface area contributed by atoms with Gasteiger partial charge in [0.15, 0.2) is 31.9 Å². The molecular weight excluding hydrogens is 1010 g/mol. The van der Waals surface area contributed by atoms with E-state index in [4.69, 9.17) is 36.5 Å². The van der Waals surface area contributed by atoms with Gasteiger partial charge >= 0.3 is 17.9 Å². The molecule has 364 valence electrons. The molecule has 66 heavy (non-hydrogen) atoms. The number of aromatic nitrogens is 4. The number of thiazole rings is 3. The van der Waals surface area contributed by atoms with Crippen LogP contribution in [0.15, 0.2) is 40.4 Å². The van der Waals surface area contributed by atoms with Crippen molar-refractivity contribution >= 4 is 129 Å². The highest BCUT2D eigenvalue weighted by Gasteiger charge is 2.16. The van der Waals surface area contributed by atoms with E-state index in [0.29, 0.717) is 34.9 Å². The Labute approximate surface area is 418 Å². The van der Waals surface area contributed by atoms with Crippen molar-refractivity contribution in [1.82, 2.24) is 25.3 Å². The Morgan fingerprint density at radius 2 is 1.27 bits per heavy atom. The number of alkyl halides is 1. The van der Waals surface area contributed by atoms with Crippen molar-refractivity contribution in [3.05, 3.63) is 56.9 Å². The molecule has 5 rings (SSSR count). The Morgan fingerprint density at radius 1 is 0.727 bits per heavy atom. The Balaban J connectivity index is 0.000000444. The maximum atomic E-state index is 11.4. The SMILES string of the molecule is CCN(CC)c1nc(-c2cc3cc(OC)ccc3c(Cl)n2)cs1.CCNC(N)=S.CCNc1nc(C(=O)OCC)cs1.CCOC(=O)C(=O)CBr.CCOC(=O)c1csc(N(CC)CC)n1. The second-order valence-corrected chi connectivity index (χ2v) is 16.3. The lowest BCUT2D eigenvalue weighted by Crippen LogP contribution is -2.28. The predicted molar refractivity (Wildman–Crippen MR) is 278 cm³/mol. The van der Waals surface area contributed by atoms with Crippen LogP contribution in [0.2, 0.25) is 5.15 Å². The minimum absolute atomic E-state index is 0.0336. The molecule has 0 atom stereocenters. The highest BCUT2D eigenvalue weighted by atomic mass is 79.9. The number of pyridine rings is 1. The van der Waals surface area contributed by atoms with E-state index >= 15 is 0 Å². The molecule has 23 heteroatoms. The van der Waals surface area contributed by atoms with Crippen LogP contribution in [-0.4, -0.2) is 120 Å². The van der Waals surface area contributed by atoms with E-state index in [-0.39, 0.29) is 23.9 Å². The number of nitrogens with one attached hydrogen (secondary N) is 2. The number of carbonyl (C=O) groups excluding carboxylic acids is 4. The highest BCUT2D eigenvalue weighted by Crippen LogP contribution is 2.32. The summed E-state index contributed by atoms with van der Waals surface area (Å²) in [6.07, 6.45) is 0. The van der Waals surface area contributed by atoms with Gasteiger partial charge in [-0.05, 0) is 104 Å². The van der Waals surface area contributed by atoms with Crippen molar-refractivity contribution in [2.45, 2.75) is 62.3 Å². The first-order valence-corrected chi connectivity index (χ1v) is 25.6. The highest BCUT2D eigenvalue weighted by molar-refractivity contribution is 9.09. The van der Waals surface area contributed by atoms with Crippen molar-refractivity contribution in [3.63, 3.8) is 0 Å². The Kier molecular flexibility index (Phi) is 30.3. The first-order valence-electron chi connectivity index (χ1n) is 21.0. The fourth-order valence-electron chi connectivity index (χ4n) is 4.92. The Morgan fingerprint density at radius 3 is 1.76 bits per heavy atom. The van der Waals surface area contributed by atoms with E-state index in [1.54, 1.807) is 50.0 Å². The van der Waals surface area contributed by atoms with Crippen molar-refractivity contribution in [2.24, 2.45) is 5.73 Å². The number of fused-ring (bicyclic) bond motifs is 1. The fourth-order valence-corrected chi connectivity index (χ4v) is 8.18. The van der Waals surface area contributed by atoms with E-state index in [0.717, 1.165) is 82.6 Å². The number of Topliss-reactive ketones (excluding diaryl/α,β-unsaturated/α-hetero) is 1. The van der Waals surface area contributed by atoms with Crippen LogP contribution in [0, 0.1) is 0 Å². The third kappa shape index (κ3) is 20.8. The minimum atomic E-state index is -0.769. The summed E-state index contributed by atoms with van der Waals surface area (Å²) in [5.74, 6) is -1.21. The molecular formula is C43H61BrClN9O8S4. The van der Waals surface area contributed by atoms with E-state index in [2.05, 4.69) is 96.0 Å². The first kappa shape index (κ1) is 59.3. The molecule has 0 aliphatic heterocycles. The summed E-state index contributed by atoms with van der Waals surface area (Å²) in [4.78, 5) is 65.1. The number of nitrogens with two attached hydrogens (primary N) is 1. The molecule has 4 heterocycles. The number of thiocarbonyl (C=S) groups is 1. The number of anilines is 3. The number of nitrogens with zero attached hydrogens (tertiary/aromatic N) is 6. The molecule has 4 N–H and O–H groups in total. The minimum Gasteiger partial charge on any atom is -0.497 e. The smallest absolute Gasteiger partial charge is 0.375 e. The van der Waals surface area contributed by atoms with Gasteiger partial charge in [0, 0.05) is 60.8 Å². The number of benzene rings is 1. The second-order valence-electron chi connectivity index (χ2n) is 12.4. The summed E-state index contributed by atoms with van der Waals surface area (Å²) in [5, 5.41) is 16.6. The lowest BCUT2D eigenvalue weighted by atomic mass is 10.1. The lowest BCUT2D eigenvalue weighted by Gasteiger charge is -2.16. The van der Waals surface area contributed by atoms with Crippen LogP contribution >= 0.6 is 73.8 Å². The Bertz CT molecular complexity index is 2240. The van der Waals surface area contributed by atoms with Gasteiger partial charge < -0.3 is 45.1 Å². The van der Waals surface area contributed by atoms with Crippen molar-refractivity contribution in [3.8, 4) is 17.1 Å². The molecule has 0 aliphatic rings. The van der Waals surface area contributed by atoms with Gasteiger partial charge in [0.1, 0.15) is 16.6 Å². The molecule has 17 nitrogen and oxygen atoms in total. The molecule has 0 amide bonds. The molecule has 5 aromatic rings. The van der Waals surface area contributed by atoms with Gasteiger partial charge in [0.05, 0.1) is 38.0 Å². The normalized spacial score (nSPS) is 9.88. The molecule has 0 saturated carbocycles. The van der Waals surface area contributed by atoms with E-state index in [9.17, 15) is 19.2 Å². The van der Waals surface area contributed by atoms with Crippen LogP contribution in [0.1, 0.15) is 83.3 Å².